The van der Waals surface area contributed by atoms with Gasteiger partial charge in [-0.1, -0.05) is 6.07 Å². The number of aliphatic hydroxyl groups is 1. The molecular weight excluding hydrogens is 216 g/mol. The minimum absolute atomic E-state index is 0.220. The first-order valence-corrected chi connectivity index (χ1v) is 5.94. The maximum absolute atomic E-state index is 9.47. The van der Waals surface area contributed by atoms with Gasteiger partial charge in [-0.05, 0) is 11.4 Å². The number of thiazole rings is 1. The average molecular weight is 226 g/mol. The molecule has 0 aliphatic carbocycles. The second-order valence-electron chi connectivity index (χ2n) is 2.80. The third kappa shape index (κ3) is 1.85. The smallest absolute Gasteiger partial charge is 0.123 e. The molecule has 0 spiro atoms. The molecule has 74 valence electrons. The normalized spacial score (nSPS) is 13.0. The lowest BCUT2D eigenvalue weighted by molar-refractivity contribution is 0.186. The Hall–Kier alpha value is -0.750. The Labute approximate surface area is 89.9 Å². The monoisotopic (exact) mass is 226 g/mol. The van der Waals surface area contributed by atoms with Crippen molar-refractivity contribution in [2.24, 2.45) is 5.73 Å². The van der Waals surface area contributed by atoms with Gasteiger partial charge in [0.25, 0.3) is 0 Å². The van der Waals surface area contributed by atoms with Crippen molar-refractivity contribution in [3.05, 3.63) is 27.9 Å². The van der Waals surface area contributed by atoms with Crippen molar-refractivity contribution in [2.45, 2.75) is 6.10 Å². The molecule has 14 heavy (non-hydrogen) atoms. The highest BCUT2D eigenvalue weighted by Crippen LogP contribution is 2.28. The van der Waals surface area contributed by atoms with Crippen molar-refractivity contribution in [3.8, 4) is 10.6 Å². The largest absolute Gasteiger partial charge is 0.385 e. The SMILES string of the molecule is NCC(O)c1nc(-c2cccs2)cs1. The predicted octanol–water partition coefficient (Wildman–Crippen LogP) is 1.86. The summed E-state index contributed by atoms with van der Waals surface area (Å²) >= 11 is 3.09. The molecule has 3 nitrogen and oxygen atoms in total. The highest BCUT2D eigenvalue weighted by atomic mass is 32.1. The molecule has 5 heteroatoms. The topological polar surface area (TPSA) is 59.1 Å². The molecular formula is C9H10N2OS2. The fraction of sp³-hybridized carbons (Fsp3) is 0.222. The molecule has 0 amide bonds. The summed E-state index contributed by atoms with van der Waals surface area (Å²) < 4.78 is 0. The van der Waals surface area contributed by atoms with Crippen LogP contribution in [0.4, 0.5) is 0 Å². The Morgan fingerprint density at radius 3 is 3.00 bits per heavy atom. The van der Waals surface area contributed by atoms with E-state index in [1.54, 1.807) is 11.3 Å². The number of hydrogen-bond donors (Lipinski definition) is 2. The van der Waals surface area contributed by atoms with E-state index in [0.717, 1.165) is 10.6 Å². The number of aromatic nitrogens is 1. The number of thiophene rings is 1. The summed E-state index contributed by atoms with van der Waals surface area (Å²) in [6, 6.07) is 4.00. The fourth-order valence-corrected chi connectivity index (χ4v) is 2.66. The molecule has 0 aliphatic rings. The van der Waals surface area contributed by atoms with Crippen molar-refractivity contribution in [1.82, 2.24) is 4.98 Å². The van der Waals surface area contributed by atoms with Crippen LogP contribution in [0, 0.1) is 0 Å². The molecule has 2 rings (SSSR count). The molecule has 3 N–H and O–H groups in total. The Morgan fingerprint density at radius 2 is 2.36 bits per heavy atom. The highest BCUT2D eigenvalue weighted by molar-refractivity contribution is 7.14. The maximum atomic E-state index is 9.47. The van der Waals surface area contributed by atoms with E-state index in [9.17, 15) is 5.11 Å². The first kappa shape index (κ1) is 9.79. The van der Waals surface area contributed by atoms with Gasteiger partial charge in [0.05, 0.1) is 10.6 Å². The van der Waals surface area contributed by atoms with Gasteiger partial charge >= 0.3 is 0 Å². The fourth-order valence-electron chi connectivity index (χ4n) is 1.08. The van der Waals surface area contributed by atoms with E-state index < -0.39 is 6.10 Å². The van der Waals surface area contributed by atoms with E-state index >= 15 is 0 Å². The molecule has 0 fully saturated rings. The number of aliphatic hydroxyl groups excluding tert-OH is 1. The summed E-state index contributed by atoms with van der Waals surface area (Å²) in [6.45, 7) is 0.220. The van der Waals surface area contributed by atoms with E-state index in [0.29, 0.717) is 5.01 Å². The standard InChI is InChI=1S/C9H10N2OS2/c10-4-7(12)9-11-6(5-14-9)8-2-1-3-13-8/h1-3,5,7,12H,4,10H2. The molecule has 1 unspecified atom stereocenters. The summed E-state index contributed by atoms with van der Waals surface area (Å²) in [5, 5.41) is 14.1. The van der Waals surface area contributed by atoms with Gasteiger partial charge < -0.3 is 10.8 Å². The van der Waals surface area contributed by atoms with Crippen LogP contribution in [-0.4, -0.2) is 16.6 Å². The van der Waals surface area contributed by atoms with Crippen LogP contribution in [-0.2, 0) is 0 Å². The number of nitrogens with two attached hydrogens (primary N) is 1. The van der Waals surface area contributed by atoms with Crippen LogP contribution in [0.25, 0.3) is 10.6 Å². The van der Waals surface area contributed by atoms with E-state index in [1.807, 2.05) is 22.9 Å². The Bertz CT molecular complexity index is 397. The molecule has 0 bridgehead atoms. The van der Waals surface area contributed by atoms with Crippen molar-refractivity contribution in [2.75, 3.05) is 6.54 Å². The van der Waals surface area contributed by atoms with E-state index in [1.165, 1.54) is 11.3 Å². The zero-order valence-electron chi connectivity index (χ0n) is 7.38. The first-order valence-electron chi connectivity index (χ1n) is 4.18. The van der Waals surface area contributed by atoms with Gasteiger partial charge in [0.1, 0.15) is 11.1 Å². The van der Waals surface area contributed by atoms with Crippen LogP contribution in [0.3, 0.4) is 0 Å². The maximum Gasteiger partial charge on any atom is 0.123 e. The summed E-state index contributed by atoms with van der Waals surface area (Å²) in [5.74, 6) is 0. The van der Waals surface area contributed by atoms with Gasteiger partial charge in [-0.2, -0.15) is 0 Å². The second-order valence-corrected chi connectivity index (χ2v) is 4.64. The van der Waals surface area contributed by atoms with Gasteiger partial charge in [-0.15, -0.1) is 22.7 Å². The third-order valence-electron chi connectivity index (χ3n) is 1.80. The lowest BCUT2D eigenvalue weighted by Crippen LogP contribution is -2.10. The number of rotatable bonds is 3. The molecule has 0 aliphatic heterocycles. The van der Waals surface area contributed by atoms with Crippen LogP contribution >= 0.6 is 22.7 Å². The van der Waals surface area contributed by atoms with Crippen LogP contribution in [0.5, 0.6) is 0 Å². The highest BCUT2D eigenvalue weighted by Gasteiger charge is 2.11. The van der Waals surface area contributed by atoms with E-state index in [-0.39, 0.29) is 6.54 Å². The van der Waals surface area contributed by atoms with Crippen molar-refractivity contribution >= 4 is 22.7 Å². The molecule has 1 atom stereocenters. The molecule has 0 aromatic carbocycles. The molecule has 2 heterocycles. The van der Waals surface area contributed by atoms with Crippen LogP contribution < -0.4 is 5.73 Å². The minimum Gasteiger partial charge on any atom is -0.385 e. The third-order valence-corrected chi connectivity index (χ3v) is 3.64. The van der Waals surface area contributed by atoms with Crippen LogP contribution in [0.2, 0.25) is 0 Å². The predicted molar refractivity (Wildman–Crippen MR) is 59.4 cm³/mol. The zero-order valence-corrected chi connectivity index (χ0v) is 9.02. The van der Waals surface area contributed by atoms with Gasteiger partial charge in [-0.25, -0.2) is 4.98 Å². The van der Waals surface area contributed by atoms with E-state index in [4.69, 9.17) is 5.73 Å². The van der Waals surface area contributed by atoms with Crippen molar-refractivity contribution < 1.29 is 5.11 Å². The average Bonchev–Trinajstić information content (AvgIpc) is 2.86. The summed E-state index contributed by atoms with van der Waals surface area (Å²) in [5.41, 5.74) is 6.27. The Morgan fingerprint density at radius 1 is 1.50 bits per heavy atom. The Balaban J connectivity index is 2.26. The molecule has 2 aromatic heterocycles. The van der Waals surface area contributed by atoms with E-state index in [2.05, 4.69) is 4.98 Å². The first-order chi connectivity index (χ1) is 6.81. The van der Waals surface area contributed by atoms with Crippen LogP contribution in [0.15, 0.2) is 22.9 Å². The lowest BCUT2D eigenvalue weighted by atomic mass is 10.3. The minimum atomic E-state index is -0.631. The number of nitrogens with zero attached hydrogens (tertiary/aromatic N) is 1. The van der Waals surface area contributed by atoms with Crippen molar-refractivity contribution in [1.29, 1.82) is 0 Å². The zero-order chi connectivity index (χ0) is 9.97. The van der Waals surface area contributed by atoms with Gasteiger partial charge in [0.2, 0.25) is 0 Å². The van der Waals surface area contributed by atoms with Crippen molar-refractivity contribution in [3.63, 3.8) is 0 Å². The summed E-state index contributed by atoms with van der Waals surface area (Å²) in [6.07, 6.45) is -0.631. The molecule has 0 saturated carbocycles. The second kappa shape index (κ2) is 4.18. The number of hydrogen-bond acceptors (Lipinski definition) is 5. The molecule has 0 saturated heterocycles. The van der Waals surface area contributed by atoms with Crippen LogP contribution in [0.1, 0.15) is 11.1 Å². The lowest BCUT2D eigenvalue weighted by Gasteiger charge is -2.00. The summed E-state index contributed by atoms with van der Waals surface area (Å²) in [7, 11) is 0. The Kier molecular flexibility index (Phi) is 2.93. The molecule has 0 radical (unpaired) electrons. The van der Waals surface area contributed by atoms with Gasteiger partial charge in [0.15, 0.2) is 0 Å². The summed E-state index contributed by atoms with van der Waals surface area (Å²) in [4.78, 5) is 5.44. The molecule has 2 aromatic rings. The quantitative estimate of drug-likeness (QED) is 0.840. The van der Waals surface area contributed by atoms with Gasteiger partial charge in [0, 0.05) is 11.9 Å². The van der Waals surface area contributed by atoms with Gasteiger partial charge in [-0.3, -0.25) is 0 Å².